The first-order chi connectivity index (χ1) is 6.47. The summed E-state index contributed by atoms with van der Waals surface area (Å²) in [6.07, 6.45) is 0.985. The van der Waals surface area contributed by atoms with Crippen LogP contribution in [0.1, 0.15) is 20.3 Å². The predicted octanol–water partition coefficient (Wildman–Crippen LogP) is 1.53. The maximum atomic E-state index is 11.6. The fraction of sp³-hybridized carbons (Fsp3) is 1.00. The van der Waals surface area contributed by atoms with Gasteiger partial charge in [-0.15, -0.1) is 11.6 Å². The summed E-state index contributed by atoms with van der Waals surface area (Å²) in [6.45, 7) is 5.63. The minimum Gasteiger partial charge on any atom is -0.212 e. The van der Waals surface area contributed by atoms with Crippen molar-refractivity contribution in [1.82, 2.24) is 4.31 Å². The number of sulfonamides is 1. The van der Waals surface area contributed by atoms with Crippen molar-refractivity contribution in [3.05, 3.63) is 0 Å². The van der Waals surface area contributed by atoms with Gasteiger partial charge in [-0.1, -0.05) is 13.8 Å². The van der Waals surface area contributed by atoms with Gasteiger partial charge in [-0.25, -0.2) is 12.7 Å². The maximum absolute atomic E-state index is 11.6. The number of halogens is 1. The lowest BCUT2D eigenvalue weighted by atomic mass is 9.96. The summed E-state index contributed by atoms with van der Waals surface area (Å²) >= 11 is 5.46. The van der Waals surface area contributed by atoms with Crippen LogP contribution < -0.4 is 0 Å². The van der Waals surface area contributed by atoms with E-state index < -0.39 is 10.0 Å². The van der Waals surface area contributed by atoms with Crippen LogP contribution in [0, 0.1) is 11.8 Å². The molecule has 0 aromatic carbocycles. The van der Waals surface area contributed by atoms with Crippen molar-refractivity contribution < 1.29 is 8.42 Å². The smallest absolute Gasteiger partial charge is 0.212 e. The molecule has 1 unspecified atom stereocenters. The first kappa shape index (κ1) is 12.3. The van der Waals surface area contributed by atoms with E-state index in [2.05, 4.69) is 13.8 Å². The van der Waals surface area contributed by atoms with Crippen LogP contribution in [0.2, 0.25) is 0 Å². The molecule has 0 amide bonds. The average Bonchev–Trinajstić information content (AvgIpc) is 2.51. The van der Waals surface area contributed by atoms with Gasteiger partial charge in [-0.2, -0.15) is 0 Å². The molecule has 1 fully saturated rings. The van der Waals surface area contributed by atoms with Gasteiger partial charge in [0.15, 0.2) is 0 Å². The quantitative estimate of drug-likeness (QED) is 0.698. The van der Waals surface area contributed by atoms with E-state index in [0.29, 0.717) is 24.9 Å². The molecule has 0 spiro atoms. The summed E-state index contributed by atoms with van der Waals surface area (Å²) in [5.74, 6) is 1.33. The molecule has 0 aromatic heterocycles. The van der Waals surface area contributed by atoms with E-state index >= 15 is 0 Å². The van der Waals surface area contributed by atoms with Gasteiger partial charge in [0.05, 0.1) is 5.75 Å². The number of hydrogen-bond acceptors (Lipinski definition) is 2. The largest absolute Gasteiger partial charge is 0.215 e. The molecular weight excluding hydrogens is 222 g/mol. The molecule has 3 nitrogen and oxygen atoms in total. The van der Waals surface area contributed by atoms with Crippen molar-refractivity contribution in [2.75, 3.05) is 24.7 Å². The van der Waals surface area contributed by atoms with Crippen molar-refractivity contribution >= 4 is 21.6 Å². The molecule has 0 N–H and O–H groups in total. The van der Waals surface area contributed by atoms with E-state index in [-0.39, 0.29) is 11.6 Å². The molecule has 1 aliphatic rings. The van der Waals surface area contributed by atoms with Gasteiger partial charge in [-0.05, 0) is 18.3 Å². The molecule has 1 heterocycles. The monoisotopic (exact) mass is 239 g/mol. The summed E-state index contributed by atoms with van der Waals surface area (Å²) in [6, 6.07) is 0. The highest BCUT2D eigenvalue weighted by atomic mass is 35.5. The zero-order valence-electron chi connectivity index (χ0n) is 8.74. The Kier molecular flexibility index (Phi) is 4.22. The van der Waals surface area contributed by atoms with Gasteiger partial charge in [0.25, 0.3) is 0 Å². The topological polar surface area (TPSA) is 37.4 Å². The Hall–Kier alpha value is 0.200. The van der Waals surface area contributed by atoms with Gasteiger partial charge in [0.2, 0.25) is 10.0 Å². The Bertz CT molecular complexity index is 277. The van der Waals surface area contributed by atoms with Crippen LogP contribution in [0.4, 0.5) is 0 Å². The second-order valence-electron chi connectivity index (χ2n) is 4.16. The van der Waals surface area contributed by atoms with Crippen molar-refractivity contribution in [1.29, 1.82) is 0 Å². The van der Waals surface area contributed by atoms with E-state index in [9.17, 15) is 8.42 Å². The molecular formula is C9H18ClNO2S. The van der Waals surface area contributed by atoms with Crippen LogP contribution in [0.5, 0.6) is 0 Å². The van der Waals surface area contributed by atoms with Gasteiger partial charge < -0.3 is 0 Å². The SMILES string of the molecule is CC(C)C1CCN(S(=O)(=O)CCCl)C1. The lowest BCUT2D eigenvalue weighted by Crippen LogP contribution is -2.32. The summed E-state index contributed by atoms with van der Waals surface area (Å²) < 4.78 is 24.9. The van der Waals surface area contributed by atoms with Crippen LogP contribution in [0.25, 0.3) is 0 Å². The second-order valence-corrected chi connectivity index (χ2v) is 6.62. The Balaban J connectivity index is 2.58. The van der Waals surface area contributed by atoms with E-state index in [4.69, 9.17) is 11.6 Å². The van der Waals surface area contributed by atoms with E-state index in [1.807, 2.05) is 0 Å². The average molecular weight is 240 g/mol. The highest BCUT2D eigenvalue weighted by Gasteiger charge is 2.31. The van der Waals surface area contributed by atoms with Crippen LogP contribution >= 0.6 is 11.6 Å². The number of alkyl halides is 1. The predicted molar refractivity (Wildman–Crippen MR) is 59.0 cm³/mol. The summed E-state index contributed by atoms with van der Waals surface area (Å²) in [5, 5.41) is 0. The maximum Gasteiger partial charge on any atom is 0.215 e. The Morgan fingerprint density at radius 2 is 2.14 bits per heavy atom. The summed E-state index contributed by atoms with van der Waals surface area (Å²) in [4.78, 5) is 0. The third-order valence-electron chi connectivity index (χ3n) is 2.86. The van der Waals surface area contributed by atoms with Crippen LogP contribution in [-0.2, 0) is 10.0 Å². The van der Waals surface area contributed by atoms with E-state index in [0.717, 1.165) is 6.42 Å². The number of hydrogen-bond donors (Lipinski definition) is 0. The van der Waals surface area contributed by atoms with Gasteiger partial charge in [0, 0.05) is 19.0 Å². The zero-order chi connectivity index (χ0) is 10.8. The standard InChI is InChI=1S/C9H18ClNO2S/c1-8(2)9-3-5-11(7-9)14(12,13)6-4-10/h8-9H,3-7H2,1-2H3. The zero-order valence-corrected chi connectivity index (χ0v) is 10.3. The molecule has 0 radical (unpaired) electrons. The second kappa shape index (κ2) is 4.81. The number of rotatable bonds is 4. The molecule has 0 bridgehead atoms. The Morgan fingerprint density at radius 1 is 1.50 bits per heavy atom. The highest BCUT2D eigenvalue weighted by Crippen LogP contribution is 2.25. The number of nitrogens with zero attached hydrogens (tertiary/aromatic N) is 1. The summed E-state index contributed by atoms with van der Waals surface area (Å²) in [5.41, 5.74) is 0. The van der Waals surface area contributed by atoms with Crippen molar-refractivity contribution in [2.45, 2.75) is 20.3 Å². The normalized spacial score (nSPS) is 24.7. The molecule has 1 atom stereocenters. The van der Waals surface area contributed by atoms with Crippen molar-refractivity contribution in [3.63, 3.8) is 0 Å². The third-order valence-corrected chi connectivity index (χ3v) is 5.11. The lowest BCUT2D eigenvalue weighted by molar-refractivity contribution is 0.389. The lowest BCUT2D eigenvalue weighted by Gasteiger charge is -2.17. The highest BCUT2D eigenvalue weighted by molar-refractivity contribution is 7.89. The van der Waals surface area contributed by atoms with Crippen LogP contribution in [-0.4, -0.2) is 37.4 Å². The molecule has 1 rings (SSSR count). The molecule has 1 aliphatic heterocycles. The Morgan fingerprint density at radius 3 is 2.57 bits per heavy atom. The first-order valence-corrected chi connectivity index (χ1v) is 7.15. The molecule has 14 heavy (non-hydrogen) atoms. The van der Waals surface area contributed by atoms with Crippen LogP contribution in [0.15, 0.2) is 0 Å². The van der Waals surface area contributed by atoms with Crippen LogP contribution in [0.3, 0.4) is 0 Å². The van der Waals surface area contributed by atoms with Gasteiger partial charge >= 0.3 is 0 Å². The third kappa shape index (κ3) is 2.84. The van der Waals surface area contributed by atoms with E-state index in [1.165, 1.54) is 0 Å². The summed E-state index contributed by atoms with van der Waals surface area (Å²) in [7, 11) is -3.08. The van der Waals surface area contributed by atoms with Crippen molar-refractivity contribution in [2.24, 2.45) is 11.8 Å². The van der Waals surface area contributed by atoms with Gasteiger partial charge in [0.1, 0.15) is 0 Å². The van der Waals surface area contributed by atoms with E-state index in [1.54, 1.807) is 4.31 Å². The fourth-order valence-electron chi connectivity index (χ4n) is 1.78. The minimum absolute atomic E-state index is 0.0688. The molecule has 0 aromatic rings. The molecule has 5 heteroatoms. The van der Waals surface area contributed by atoms with Gasteiger partial charge in [-0.3, -0.25) is 0 Å². The molecule has 84 valence electrons. The molecule has 0 saturated carbocycles. The molecule has 1 saturated heterocycles. The first-order valence-electron chi connectivity index (χ1n) is 5.01. The minimum atomic E-state index is -3.08. The fourth-order valence-corrected chi connectivity index (χ4v) is 3.62. The molecule has 0 aliphatic carbocycles. The Labute approximate surface area is 91.5 Å². The van der Waals surface area contributed by atoms with Crippen molar-refractivity contribution in [3.8, 4) is 0 Å².